The Morgan fingerprint density at radius 1 is 1.31 bits per heavy atom. The molecule has 0 radical (unpaired) electrons. The Kier molecular flexibility index (Phi) is 6.39. The van der Waals surface area contributed by atoms with Crippen molar-refractivity contribution in [2.24, 2.45) is 5.92 Å². The van der Waals surface area contributed by atoms with Crippen LogP contribution in [0.3, 0.4) is 0 Å². The fourth-order valence-corrected chi connectivity index (χ4v) is 1.44. The molecule has 0 bridgehead atoms. The molecule has 0 N–H and O–H groups in total. The molecule has 0 aromatic heterocycles. The largest absolute Gasteiger partial charge is 0.340 e. The zero-order chi connectivity index (χ0) is 10.4. The first-order chi connectivity index (χ1) is 6.00. The third kappa shape index (κ3) is 4.65. The van der Waals surface area contributed by atoms with Crippen LogP contribution in [0.4, 0.5) is 0 Å². The lowest BCUT2D eigenvalue weighted by Gasteiger charge is -2.28. The van der Waals surface area contributed by atoms with Crippen molar-refractivity contribution in [3.8, 4) is 0 Å². The summed E-state index contributed by atoms with van der Waals surface area (Å²) in [6.07, 6.45) is 1.02. The third-order valence-corrected chi connectivity index (χ3v) is 2.49. The van der Waals surface area contributed by atoms with Crippen LogP contribution in [0.15, 0.2) is 0 Å². The van der Waals surface area contributed by atoms with Crippen molar-refractivity contribution in [1.82, 2.24) is 4.90 Å². The summed E-state index contributed by atoms with van der Waals surface area (Å²) in [5.74, 6) is 0.369. The van der Waals surface area contributed by atoms with Crippen LogP contribution in [-0.4, -0.2) is 28.7 Å². The monoisotopic (exact) mass is 249 g/mol. The van der Waals surface area contributed by atoms with Gasteiger partial charge in [-0.3, -0.25) is 4.79 Å². The van der Waals surface area contributed by atoms with E-state index < -0.39 is 0 Å². The molecular weight excluding hydrogens is 230 g/mol. The fraction of sp³-hybridized carbons (Fsp3) is 0.900. The molecular formula is C10H20BrNO. The van der Waals surface area contributed by atoms with Crippen molar-refractivity contribution in [1.29, 1.82) is 0 Å². The van der Waals surface area contributed by atoms with Crippen molar-refractivity contribution in [3.63, 3.8) is 0 Å². The lowest BCUT2D eigenvalue weighted by atomic mass is 10.1. The summed E-state index contributed by atoms with van der Waals surface area (Å²) in [4.78, 5) is 13.7. The Bertz CT molecular complexity index is 157. The molecule has 0 aliphatic carbocycles. The predicted octanol–water partition coefficient (Wildman–Crippen LogP) is 2.66. The second-order valence-corrected chi connectivity index (χ2v) is 4.62. The number of nitrogens with zero attached hydrogens (tertiary/aromatic N) is 1. The van der Waals surface area contributed by atoms with E-state index in [1.807, 2.05) is 18.7 Å². The van der Waals surface area contributed by atoms with Crippen molar-refractivity contribution >= 4 is 21.8 Å². The van der Waals surface area contributed by atoms with Gasteiger partial charge in [0.2, 0.25) is 5.91 Å². The molecule has 0 aromatic rings. The number of hydrogen-bond acceptors (Lipinski definition) is 1. The molecule has 0 aliphatic heterocycles. The molecule has 0 saturated carbocycles. The topological polar surface area (TPSA) is 20.3 Å². The van der Waals surface area contributed by atoms with Crippen molar-refractivity contribution in [2.45, 2.75) is 40.2 Å². The summed E-state index contributed by atoms with van der Waals surface area (Å²) in [7, 11) is 0. The van der Waals surface area contributed by atoms with E-state index in [0.717, 1.165) is 18.3 Å². The number of rotatable bonds is 5. The van der Waals surface area contributed by atoms with Crippen molar-refractivity contribution < 1.29 is 4.79 Å². The maximum Gasteiger partial charge on any atom is 0.225 e. The minimum atomic E-state index is 0.109. The minimum absolute atomic E-state index is 0.109. The van der Waals surface area contributed by atoms with Crippen LogP contribution < -0.4 is 0 Å². The number of amides is 1. The van der Waals surface area contributed by atoms with E-state index in [1.165, 1.54) is 0 Å². The standard InChI is InChI=1S/C10H20BrNO/c1-8(2)10(13)12(9(3)4)7-5-6-11/h8-9H,5-7H2,1-4H3. The van der Waals surface area contributed by atoms with Gasteiger partial charge in [-0.2, -0.15) is 0 Å². The quantitative estimate of drug-likeness (QED) is 0.687. The zero-order valence-electron chi connectivity index (χ0n) is 9.01. The van der Waals surface area contributed by atoms with Crippen LogP contribution in [0.25, 0.3) is 0 Å². The Morgan fingerprint density at radius 2 is 1.85 bits per heavy atom. The number of halogens is 1. The Balaban J connectivity index is 4.16. The second kappa shape index (κ2) is 6.41. The molecule has 0 aromatic carbocycles. The van der Waals surface area contributed by atoms with E-state index in [-0.39, 0.29) is 11.8 Å². The van der Waals surface area contributed by atoms with Crippen LogP contribution in [-0.2, 0) is 4.79 Å². The SMILES string of the molecule is CC(C)C(=O)N(CCCBr)C(C)C. The van der Waals surface area contributed by atoms with Gasteiger partial charge in [0.05, 0.1) is 0 Å². The summed E-state index contributed by atoms with van der Waals surface area (Å²) in [5, 5.41) is 0.960. The molecule has 78 valence electrons. The highest BCUT2D eigenvalue weighted by Gasteiger charge is 2.18. The molecule has 13 heavy (non-hydrogen) atoms. The van der Waals surface area contributed by atoms with Crippen molar-refractivity contribution in [3.05, 3.63) is 0 Å². The van der Waals surface area contributed by atoms with Gasteiger partial charge in [0, 0.05) is 23.8 Å². The number of carbonyl (C=O) groups is 1. The molecule has 2 nitrogen and oxygen atoms in total. The maximum atomic E-state index is 11.7. The van der Waals surface area contributed by atoms with E-state index in [0.29, 0.717) is 6.04 Å². The average molecular weight is 250 g/mol. The van der Waals surface area contributed by atoms with Gasteiger partial charge in [0.25, 0.3) is 0 Å². The summed E-state index contributed by atoms with van der Waals surface area (Å²) >= 11 is 3.38. The van der Waals surface area contributed by atoms with Gasteiger partial charge in [-0.25, -0.2) is 0 Å². The number of alkyl halides is 1. The van der Waals surface area contributed by atoms with E-state index >= 15 is 0 Å². The first kappa shape index (κ1) is 12.9. The van der Waals surface area contributed by atoms with E-state index in [4.69, 9.17) is 0 Å². The molecule has 0 heterocycles. The summed E-state index contributed by atoms with van der Waals surface area (Å²) in [5.41, 5.74) is 0. The lowest BCUT2D eigenvalue weighted by molar-refractivity contribution is -0.136. The Morgan fingerprint density at radius 3 is 2.15 bits per heavy atom. The highest BCUT2D eigenvalue weighted by molar-refractivity contribution is 9.09. The normalized spacial score (nSPS) is 11.0. The molecule has 0 atom stereocenters. The molecule has 0 unspecified atom stereocenters. The summed E-state index contributed by atoms with van der Waals surface area (Å²) in [6, 6.07) is 0.314. The minimum Gasteiger partial charge on any atom is -0.340 e. The molecule has 0 fully saturated rings. The average Bonchev–Trinajstić information content (AvgIpc) is 2.04. The van der Waals surface area contributed by atoms with Gasteiger partial charge in [-0.05, 0) is 20.3 Å². The number of carbonyl (C=O) groups excluding carboxylic acids is 1. The first-order valence-electron chi connectivity index (χ1n) is 4.87. The van der Waals surface area contributed by atoms with Gasteiger partial charge in [-0.15, -0.1) is 0 Å². The third-order valence-electron chi connectivity index (χ3n) is 1.93. The van der Waals surface area contributed by atoms with E-state index in [9.17, 15) is 4.79 Å². The zero-order valence-corrected chi connectivity index (χ0v) is 10.6. The van der Waals surface area contributed by atoms with E-state index in [1.54, 1.807) is 0 Å². The Hall–Kier alpha value is -0.0500. The lowest BCUT2D eigenvalue weighted by Crippen LogP contribution is -2.40. The predicted molar refractivity (Wildman–Crippen MR) is 60.1 cm³/mol. The van der Waals surface area contributed by atoms with Gasteiger partial charge >= 0.3 is 0 Å². The smallest absolute Gasteiger partial charge is 0.225 e. The molecule has 0 rings (SSSR count). The van der Waals surface area contributed by atoms with Crippen molar-refractivity contribution in [2.75, 3.05) is 11.9 Å². The highest BCUT2D eigenvalue weighted by atomic mass is 79.9. The van der Waals surface area contributed by atoms with Crippen LogP contribution in [0.2, 0.25) is 0 Å². The summed E-state index contributed by atoms with van der Waals surface area (Å²) in [6.45, 7) is 8.89. The molecule has 0 aliphatic rings. The van der Waals surface area contributed by atoms with Gasteiger partial charge in [0.15, 0.2) is 0 Å². The molecule has 0 spiro atoms. The van der Waals surface area contributed by atoms with Crippen LogP contribution in [0, 0.1) is 5.92 Å². The molecule has 0 saturated heterocycles. The maximum absolute atomic E-state index is 11.7. The highest BCUT2D eigenvalue weighted by Crippen LogP contribution is 2.07. The summed E-state index contributed by atoms with van der Waals surface area (Å²) < 4.78 is 0. The van der Waals surface area contributed by atoms with Crippen LogP contribution >= 0.6 is 15.9 Å². The van der Waals surface area contributed by atoms with Crippen LogP contribution in [0.5, 0.6) is 0 Å². The molecule has 3 heteroatoms. The van der Waals surface area contributed by atoms with Crippen LogP contribution in [0.1, 0.15) is 34.1 Å². The van der Waals surface area contributed by atoms with Gasteiger partial charge in [-0.1, -0.05) is 29.8 Å². The van der Waals surface area contributed by atoms with Gasteiger partial charge in [0.1, 0.15) is 0 Å². The van der Waals surface area contributed by atoms with Gasteiger partial charge < -0.3 is 4.90 Å². The van der Waals surface area contributed by atoms with E-state index in [2.05, 4.69) is 29.8 Å². The molecule has 1 amide bonds. The number of hydrogen-bond donors (Lipinski definition) is 0. The first-order valence-corrected chi connectivity index (χ1v) is 5.99. The fourth-order valence-electron chi connectivity index (χ4n) is 1.18. The Labute approximate surface area is 89.8 Å². The second-order valence-electron chi connectivity index (χ2n) is 3.82.